The Bertz CT molecular complexity index is 348. The van der Waals surface area contributed by atoms with Crippen molar-refractivity contribution in [3.8, 4) is 0 Å². The molecule has 1 aromatic rings. The van der Waals surface area contributed by atoms with Crippen molar-refractivity contribution in [2.24, 2.45) is 5.73 Å². The summed E-state index contributed by atoms with van der Waals surface area (Å²) < 4.78 is 0. The maximum absolute atomic E-state index is 10.8. The zero-order chi connectivity index (χ0) is 12.7. The normalized spacial score (nSPS) is 10.7. The molecule has 0 heterocycles. The van der Waals surface area contributed by atoms with E-state index >= 15 is 0 Å². The molecule has 0 aromatic heterocycles. The molecule has 0 bridgehead atoms. The summed E-state index contributed by atoms with van der Waals surface area (Å²) in [7, 11) is 0. The van der Waals surface area contributed by atoms with Crippen LogP contribution in [0.1, 0.15) is 25.3 Å². The first kappa shape index (κ1) is 13.5. The number of nitrogens with zero attached hydrogens (tertiary/aromatic N) is 1. The zero-order valence-corrected chi connectivity index (χ0v) is 10.4. The number of carbonyl (C=O) groups is 1. The van der Waals surface area contributed by atoms with Gasteiger partial charge in [0.25, 0.3) is 0 Å². The highest BCUT2D eigenvalue weighted by Crippen LogP contribution is 2.09. The Morgan fingerprint density at radius 1 is 1.24 bits per heavy atom. The molecule has 0 fully saturated rings. The summed E-state index contributed by atoms with van der Waals surface area (Å²) in [4.78, 5) is 13.0. The summed E-state index contributed by atoms with van der Waals surface area (Å²) in [6, 6.07) is 7.83. The predicted molar refractivity (Wildman–Crippen MR) is 70.2 cm³/mol. The SMILES string of the molecule is CCCN(CCC(N)=O)Cc1ccc(N)cc1. The molecule has 0 aliphatic rings. The monoisotopic (exact) mass is 235 g/mol. The maximum atomic E-state index is 10.8. The Morgan fingerprint density at radius 2 is 1.88 bits per heavy atom. The van der Waals surface area contributed by atoms with Crippen molar-refractivity contribution in [2.75, 3.05) is 18.8 Å². The Kier molecular flexibility index (Phi) is 5.49. The van der Waals surface area contributed by atoms with Gasteiger partial charge in [0.05, 0.1) is 0 Å². The summed E-state index contributed by atoms with van der Waals surface area (Å²) >= 11 is 0. The van der Waals surface area contributed by atoms with Gasteiger partial charge < -0.3 is 11.5 Å². The van der Waals surface area contributed by atoms with E-state index in [1.54, 1.807) is 0 Å². The van der Waals surface area contributed by atoms with Crippen LogP contribution in [0, 0.1) is 0 Å². The van der Waals surface area contributed by atoms with Crippen LogP contribution in [-0.4, -0.2) is 23.9 Å². The minimum Gasteiger partial charge on any atom is -0.399 e. The fraction of sp³-hybridized carbons (Fsp3) is 0.462. The lowest BCUT2D eigenvalue weighted by Gasteiger charge is -2.21. The number of anilines is 1. The molecule has 0 spiro atoms. The second-order valence-corrected chi connectivity index (χ2v) is 4.23. The minimum atomic E-state index is -0.247. The van der Waals surface area contributed by atoms with E-state index in [9.17, 15) is 4.79 Å². The lowest BCUT2D eigenvalue weighted by atomic mass is 10.2. The highest BCUT2D eigenvalue weighted by Gasteiger charge is 2.06. The van der Waals surface area contributed by atoms with E-state index < -0.39 is 0 Å². The van der Waals surface area contributed by atoms with E-state index in [4.69, 9.17) is 11.5 Å². The smallest absolute Gasteiger partial charge is 0.218 e. The molecule has 0 atom stereocenters. The second kappa shape index (κ2) is 6.91. The van der Waals surface area contributed by atoms with Gasteiger partial charge in [0, 0.05) is 25.2 Å². The van der Waals surface area contributed by atoms with Crippen LogP contribution in [0.3, 0.4) is 0 Å². The largest absolute Gasteiger partial charge is 0.399 e. The van der Waals surface area contributed by atoms with E-state index in [-0.39, 0.29) is 5.91 Å². The van der Waals surface area contributed by atoms with Gasteiger partial charge in [0.15, 0.2) is 0 Å². The van der Waals surface area contributed by atoms with Crippen molar-refractivity contribution in [2.45, 2.75) is 26.3 Å². The second-order valence-electron chi connectivity index (χ2n) is 4.23. The Hall–Kier alpha value is -1.55. The lowest BCUT2D eigenvalue weighted by molar-refractivity contribution is -0.118. The Morgan fingerprint density at radius 3 is 2.41 bits per heavy atom. The van der Waals surface area contributed by atoms with Gasteiger partial charge in [0.2, 0.25) is 5.91 Å². The molecule has 4 heteroatoms. The van der Waals surface area contributed by atoms with Gasteiger partial charge in [-0.25, -0.2) is 0 Å². The fourth-order valence-corrected chi connectivity index (χ4v) is 1.74. The topological polar surface area (TPSA) is 72.3 Å². The third-order valence-corrected chi connectivity index (χ3v) is 2.60. The average Bonchev–Trinajstić information content (AvgIpc) is 2.29. The number of amides is 1. The van der Waals surface area contributed by atoms with E-state index in [0.29, 0.717) is 13.0 Å². The highest BCUT2D eigenvalue weighted by molar-refractivity contribution is 5.73. The van der Waals surface area contributed by atoms with Crippen LogP contribution in [0.15, 0.2) is 24.3 Å². The summed E-state index contributed by atoms with van der Waals surface area (Å²) in [5.74, 6) is -0.247. The van der Waals surface area contributed by atoms with Crippen molar-refractivity contribution in [1.29, 1.82) is 0 Å². The number of nitrogen functional groups attached to an aromatic ring is 1. The Labute approximate surface area is 103 Å². The number of rotatable bonds is 7. The van der Waals surface area contributed by atoms with E-state index in [2.05, 4.69) is 11.8 Å². The molecule has 0 saturated heterocycles. The molecule has 94 valence electrons. The van der Waals surface area contributed by atoms with Crippen LogP contribution < -0.4 is 11.5 Å². The van der Waals surface area contributed by atoms with E-state index in [0.717, 1.165) is 25.2 Å². The van der Waals surface area contributed by atoms with Crippen molar-refractivity contribution >= 4 is 11.6 Å². The molecule has 1 amide bonds. The van der Waals surface area contributed by atoms with Gasteiger partial charge in [0.1, 0.15) is 0 Å². The number of hydrogen-bond acceptors (Lipinski definition) is 3. The van der Waals surface area contributed by atoms with E-state index in [1.807, 2.05) is 24.3 Å². The number of nitrogens with two attached hydrogens (primary N) is 2. The van der Waals surface area contributed by atoms with Crippen LogP contribution in [0.2, 0.25) is 0 Å². The van der Waals surface area contributed by atoms with Crippen LogP contribution in [0.4, 0.5) is 5.69 Å². The number of carbonyl (C=O) groups excluding carboxylic acids is 1. The summed E-state index contributed by atoms with van der Waals surface area (Å²) in [6.07, 6.45) is 1.47. The molecule has 0 radical (unpaired) electrons. The van der Waals surface area contributed by atoms with Crippen molar-refractivity contribution < 1.29 is 4.79 Å². The van der Waals surface area contributed by atoms with Crippen molar-refractivity contribution in [3.63, 3.8) is 0 Å². The first-order valence-electron chi connectivity index (χ1n) is 5.97. The third-order valence-electron chi connectivity index (χ3n) is 2.60. The first-order valence-corrected chi connectivity index (χ1v) is 5.97. The van der Waals surface area contributed by atoms with Crippen molar-refractivity contribution in [1.82, 2.24) is 4.90 Å². The first-order chi connectivity index (χ1) is 8.11. The third kappa shape index (κ3) is 5.36. The Balaban J connectivity index is 2.53. The zero-order valence-electron chi connectivity index (χ0n) is 10.4. The van der Waals surface area contributed by atoms with E-state index in [1.165, 1.54) is 5.56 Å². The lowest BCUT2D eigenvalue weighted by Crippen LogP contribution is -2.28. The fourth-order valence-electron chi connectivity index (χ4n) is 1.74. The van der Waals surface area contributed by atoms with Gasteiger partial charge in [-0.2, -0.15) is 0 Å². The highest BCUT2D eigenvalue weighted by atomic mass is 16.1. The summed E-state index contributed by atoms with van der Waals surface area (Å²) in [6.45, 7) is 4.65. The quantitative estimate of drug-likeness (QED) is 0.701. The molecule has 0 aliphatic heterocycles. The number of primary amides is 1. The number of hydrogen-bond donors (Lipinski definition) is 2. The molecule has 0 aliphatic carbocycles. The molecule has 17 heavy (non-hydrogen) atoms. The van der Waals surface area contributed by atoms with Gasteiger partial charge in [-0.1, -0.05) is 19.1 Å². The van der Waals surface area contributed by atoms with Gasteiger partial charge >= 0.3 is 0 Å². The van der Waals surface area contributed by atoms with Gasteiger partial charge in [-0.15, -0.1) is 0 Å². The summed E-state index contributed by atoms with van der Waals surface area (Å²) in [5.41, 5.74) is 12.8. The molecular formula is C13H21N3O. The van der Waals surface area contributed by atoms with Crippen LogP contribution in [-0.2, 0) is 11.3 Å². The van der Waals surface area contributed by atoms with Crippen LogP contribution in [0.5, 0.6) is 0 Å². The molecule has 1 rings (SSSR count). The molecule has 0 unspecified atom stereocenters. The standard InChI is InChI=1S/C13H21N3O/c1-2-8-16(9-7-13(15)17)10-11-3-5-12(14)6-4-11/h3-6H,2,7-10,14H2,1H3,(H2,15,17). The molecular weight excluding hydrogens is 214 g/mol. The van der Waals surface area contributed by atoms with Gasteiger partial charge in [-0.05, 0) is 30.7 Å². The molecule has 0 saturated carbocycles. The molecule has 1 aromatic carbocycles. The number of benzene rings is 1. The molecule has 4 nitrogen and oxygen atoms in total. The van der Waals surface area contributed by atoms with Gasteiger partial charge in [-0.3, -0.25) is 9.69 Å². The summed E-state index contributed by atoms with van der Waals surface area (Å²) in [5, 5.41) is 0. The van der Waals surface area contributed by atoms with Crippen molar-refractivity contribution in [3.05, 3.63) is 29.8 Å². The van der Waals surface area contributed by atoms with Crippen LogP contribution in [0.25, 0.3) is 0 Å². The minimum absolute atomic E-state index is 0.247. The molecule has 4 N–H and O–H groups in total. The predicted octanol–water partition coefficient (Wildman–Crippen LogP) is 1.36. The maximum Gasteiger partial charge on any atom is 0.218 e. The average molecular weight is 235 g/mol. The van der Waals surface area contributed by atoms with Crippen LogP contribution >= 0.6 is 0 Å².